The predicted octanol–water partition coefficient (Wildman–Crippen LogP) is 4.70. The van der Waals surface area contributed by atoms with E-state index in [0.29, 0.717) is 10.8 Å². The number of hydrogen-bond donors (Lipinski definition) is 2. The van der Waals surface area contributed by atoms with Crippen LogP contribution in [-0.4, -0.2) is 25.5 Å². The summed E-state index contributed by atoms with van der Waals surface area (Å²) in [6.07, 6.45) is 5.45. The number of aromatic hydroxyl groups is 1. The SMILES string of the molecule is Cc1cccc2c(N=NC(=O)[C@@H](C)n3cnc4sc5c(c4c3=O)CCCC5)c(O)[nH]c12. The van der Waals surface area contributed by atoms with Crippen LogP contribution in [0, 0.1) is 6.92 Å². The molecule has 3 heterocycles. The number of aromatic nitrogens is 3. The fourth-order valence-corrected chi connectivity index (χ4v) is 5.39. The van der Waals surface area contributed by atoms with Crippen molar-refractivity contribution in [2.75, 3.05) is 0 Å². The second-order valence-corrected chi connectivity index (χ2v) is 8.97. The molecule has 1 amide bonds. The molecule has 31 heavy (non-hydrogen) atoms. The van der Waals surface area contributed by atoms with E-state index >= 15 is 0 Å². The average molecular weight is 436 g/mol. The molecule has 0 radical (unpaired) electrons. The highest BCUT2D eigenvalue weighted by atomic mass is 32.1. The van der Waals surface area contributed by atoms with Crippen LogP contribution in [0.25, 0.3) is 21.1 Å². The number of aromatic amines is 1. The summed E-state index contributed by atoms with van der Waals surface area (Å²) in [5.74, 6) is -0.743. The van der Waals surface area contributed by atoms with Crippen molar-refractivity contribution in [1.82, 2.24) is 14.5 Å². The van der Waals surface area contributed by atoms with E-state index in [4.69, 9.17) is 0 Å². The first-order valence-electron chi connectivity index (χ1n) is 10.2. The van der Waals surface area contributed by atoms with Gasteiger partial charge in [-0.05, 0) is 50.7 Å². The third-order valence-electron chi connectivity index (χ3n) is 5.92. The third-order valence-corrected chi connectivity index (χ3v) is 7.12. The molecule has 0 spiro atoms. The topological polar surface area (TPSA) is 113 Å². The molecule has 0 fully saturated rings. The molecule has 0 aliphatic heterocycles. The number of benzene rings is 1. The van der Waals surface area contributed by atoms with E-state index in [1.165, 1.54) is 15.8 Å². The number of thiophene rings is 1. The Morgan fingerprint density at radius 3 is 2.97 bits per heavy atom. The van der Waals surface area contributed by atoms with Crippen molar-refractivity contribution in [3.8, 4) is 5.88 Å². The van der Waals surface area contributed by atoms with E-state index in [9.17, 15) is 14.7 Å². The average Bonchev–Trinajstić information content (AvgIpc) is 3.30. The van der Waals surface area contributed by atoms with E-state index in [1.54, 1.807) is 24.3 Å². The fourth-order valence-electron chi connectivity index (χ4n) is 4.17. The molecule has 1 aliphatic rings. The largest absolute Gasteiger partial charge is 0.493 e. The number of aryl methyl sites for hydroxylation is 3. The van der Waals surface area contributed by atoms with Gasteiger partial charge in [0.2, 0.25) is 5.88 Å². The zero-order chi connectivity index (χ0) is 21.7. The summed E-state index contributed by atoms with van der Waals surface area (Å²) in [7, 11) is 0. The first kappa shape index (κ1) is 19.6. The molecular formula is C22H21N5O3S. The maximum atomic E-state index is 13.2. The Morgan fingerprint density at radius 1 is 1.32 bits per heavy atom. The summed E-state index contributed by atoms with van der Waals surface area (Å²) in [6.45, 7) is 3.51. The smallest absolute Gasteiger partial charge is 0.287 e. The highest BCUT2D eigenvalue weighted by Crippen LogP contribution is 2.37. The molecule has 4 aromatic rings. The summed E-state index contributed by atoms with van der Waals surface area (Å²) in [6, 6.07) is 4.69. The number of nitrogens with zero attached hydrogens (tertiary/aromatic N) is 4. The zero-order valence-electron chi connectivity index (χ0n) is 17.2. The van der Waals surface area contributed by atoms with Crippen molar-refractivity contribution in [3.63, 3.8) is 0 Å². The van der Waals surface area contributed by atoms with Crippen LogP contribution in [-0.2, 0) is 17.6 Å². The van der Waals surface area contributed by atoms with Crippen LogP contribution in [0.4, 0.5) is 5.69 Å². The van der Waals surface area contributed by atoms with E-state index in [-0.39, 0.29) is 17.1 Å². The van der Waals surface area contributed by atoms with E-state index in [2.05, 4.69) is 20.2 Å². The lowest BCUT2D eigenvalue weighted by Gasteiger charge is -2.12. The van der Waals surface area contributed by atoms with Crippen LogP contribution in [0.15, 0.2) is 39.5 Å². The fraction of sp³-hybridized carbons (Fsp3) is 0.318. The van der Waals surface area contributed by atoms with Gasteiger partial charge in [0.15, 0.2) is 5.69 Å². The first-order valence-corrected chi connectivity index (χ1v) is 11.0. The molecule has 1 atom stereocenters. The number of nitrogens with one attached hydrogen (secondary N) is 1. The normalized spacial score (nSPS) is 15.0. The van der Waals surface area contributed by atoms with Gasteiger partial charge in [-0.2, -0.15) is 0 Å². The number of carbonyl (C=O) groups excluding carboxylic acids is 1. The highest BCUT2D eigenvalue weighted by Gasteiger charge is 2.23. The van der Waals surface area contributed by atoms with E-state index < -0.39 is 11.9 Å². The van der Waals surface area contributed by atoms with Crippen LogP contribution >= 0.6 is 11.3 Å². The van der Waals surface area contributed by atoms with E-state index in [1.807, 2.05) is 19.1 Å². The summed E-state index contributed by atoms with van der Waals surface area (Å²) >= 11 is 1.57. The number of carbonyl (C=O) groups is 1. The van der Waals surface area contributed by atoms with Gasteiger partial charge in [0.25, 0.3) is 11.5 Å². The van der Waals surface area contributed by atoms with Crippen molar-refractivity contribution in [2.45, 2.75) is 45.6 Å². The molecule has 2 N–H and O–H groups in total. The predicted molar refractivity (Wildman–Crippen MR) is 119 cm³/mol. The standard InChI is InChI=1S/C22H21N5O3S/c1-11-6-5-8-14-17(11)24-20(29)18(14)25-26-19(28)12(2)27-10-23-21-16(22(27)30)13-7-3-4-9-15(13)31-21/h5-6,8,10,12,24,29H,3-4,7,9H2,1-2H3/t12-/m1/s1. The zero-order valence-corrected chi connectivity index (χ0v) is 18.0. The number of H-pyrrole nitrogens is 1. The molecular weight excluding hydrogens is 414 g/mol. The molecule has 9 heteroatoms. The minimum absolute atomic E-state index is 0.154. The maximum Gasteiger partial charge on any atom is 0.287 e. The molecule has 1 aliphatic carbocycles. The second kappa shape index (κ2) is 7.42. The molecule has 0 unspecified atom stereocenters. The summed E-state index contributed by atoms with van der Waals surface area (Å²) in [5, 5.41) is 19.3. The van der Waals surface area contributed by atoms with Crippen LogP contribution in [0.5, 0.6) is 5.88 Å². The lowest BCUT2D eigenvalue weighted by molar-refractivity contribution is -0.121. The van der Waals surface area contributed by atoms with Gasteiger partial charge in [-0.25, -0.2) is 4.98 Å². The van der Waals surface area contributed by atoms with Crippen LogP contribution in [0.3, 0.4) is 0 Å². The van der Waals surface area contributed by atoms with Gasteiger partial charge in [-0.15, -0.1) is 21.6 Å². The van der Waals surface area contributed by atoms with Crippen molar-refractivity contribution >= 4 is 44.1 Å². The van der Waals surface area contributed by atoms with Crippen molar-refractivity contribution in [1.29, 1.82) is 0 Å². The Hall–Kier alpha value is -3.33. The monoisotopic (exact) mass is 435 g/mol. The second-order valence-electron chi connectivity index (χ2n) is 7.88. The van der Waals surface area contributed by atoms with Crippen LogP contribution in [0.2, 0.25) is 0 Å². The molecule has 8 nitrogen and oxygen atoms in total. The lowest BCUT2D eigenvalue weighted by Crippen LogP contribution is -2.27. The van der Waals surface area contributed by atoms with Crippen LogP contribution < -0.4 is 5.56 Å². The van der Waals surface area contributed by atoms with Crippen molar-refractivity contribution in [3.05, 3.63) is 50.9 Å². The van der Waals surface area contributed by atoms with Gasteiger partial charge < -0.3 is 10.1 Å². The number of fused-ring (bicyclic) bond motifs is 4. The van der Waals surface area contributed by atoms with Crippen molar-refractivity contribution in [2.24, 2.45) is 10.2 Å². The first-order chi connectivity index (χ1) is 15.0. The molecule has 1 aromatic carbocycles. The summed E-state index contributed by atoms with van der Waals surface area (Å²) < 4.78 is 1.32. The summed E-state index contributed by atoms with van der Waals surface area (Å²) in [4.78, 5) is 35.2. The Bertz CT molecular complexity index is 1430. The van der Waals surface area contributed by atoms with Gasteiger partial charge in [-0.3, -0.25) is 14.2 Å². The Balaban J connectivity index is 1.49. The third kappa shape index (κ3) is 3.16. The Morgan fingerprint density at radius 2 is 2.13 bits per heavy atom. The van der Waals surface area contributed by atoms with E-state index in [0.717, 1.165) is 47.2 Å². The minimum atomic E-state index is -0.860. The molecule has 0 bridgehead atoms. The van der Waals surface area contributed by atoms with Gasteiger partial charge in [0.05, 0.1) is 17.2 Å². The maximum absolute atomic E-state index is 13.2. The van der Waals surface area contributed by atoms with Gasteiger partial charge in [0, 0.05) is 10.3 Å². The number of amides is 1. The number of azo groups is 1. The highest BCUT2D eigenvalue weighted by molar-refractivity contribution is 7.18. The Kier molecular flexibility index (Phi) is 4.70. The molecule has 5 rings (SSSR count). The minimum Gasteiger partial charge on any atom is -0.493 e. The lowest BCUT2D eigenvalue weighted by atomic mass is 9.97. The quantitative estimate of drug-likeness (QED) is 0.454. The van der Waals surface area contributed by atoms with Gasteiger partial charge in [-0.1, -0.05) is 18.2 Å². The molecule has 0 saturated heterocycles. The molecule has 158 valence electrons. The van der Waals surface area contributed by atoms with Gasteiger partial charge >= 0.3 is 0 Å². The number of para-hydroxylation sites is 1. The van der Waals surface area contributed by atoms with Crippen LogP contribution in [0.1, 0.15) is 41.8 Å². The Labute approximate surface area is 181 Å². The summed E-state index contributed by atoms with van der Waals surface area (Å²) in [5.41, 5.74) is 2.75. The molecule has 3 aromatic heterocycles. The molecule has 0 saturated carbocycles. The number of rotatable bonds is 3. The van der Waals surface area contributed by atoms with Crippen molar-refractivity contribution < 1.29 is 9.90 Å². The van der Waals surface area contributed by atoms with Gasteiger partial charge in [0.1, 0.15) is 10.9 Å². The number of hydrogen-bond acceptors (Lipinski definition) is 6.